The van der Waals surface area contributed by atoms with Crippen molar-refractivity contribution in [1.29, 1.82) is 0 Å². The average molecular weight is 276 g/mol. The highest BCUT2D eigenvalue weighted by Crippen LogP contribution is 2.29. The fourth-order valence-corrected chi connectivity index (χ4v) is 2.99. The van der Waals surface area contributed by atoms with Crippen molar-refractivity contribution in [2.45, 2.75) is 32.6 Å². The summed E-state index contributed by atoms with van der Waals surface area (Å²) in [6.07, 6.45) is 5.17. The smallest absolute Gasteiger partial charge is 0.340 e. The zero-order valence-corrected chi connectivity index (χ0v) is 12.3. The van der Waals surface area contributed by atoms with Crippen LogP contribution in [-0.2, 0) is 4.74 Å². The standard InChI is InChI=1S/C16H24N2O2/c1-11-4-3-5-12(8-11)10-18-15-7-6-13(17)9-14(15)16(19)20-2/h6-7,9,11-12,18H,3-5,8,10,17H2,1-2H3. The van der Waals surface area contributed by atoms with Crippen LogP contribution in [0.3, 0.4) is 0 Å². The molecule has 3 N–H and O–H groups in total. The molecule has 0 heterocycles. The second-order valence-electron chi connectivity index (χ2n) is 5.82. The van der Waals surface area contributed by atoms with Crippen molar-refractivity contribution in [3.8, 4) is 0 Å². The Labute approximate surface area is 120 Å². The number of hydrogen-bond acceptors (Lipinski definition) is 4. The van der Waals surface area contributed by atoms with Crippen molar-refractivity contribution in [2.24, 2.45) is 11.8 Å². The Bertz CT molecular complexity index is 474. The number of methoxy groups -OCH3 is 1. The van der Waals surface area contributed by atoms with Gasteiger partial charge in [-0.2, -0.15) is 0 Å². The molecule has 4 heteroatoms. The van der Waals surface area contributed by atoms with Gasteiger partial charge in [-0.05, 0) is 42.9 Å². The second-order valence-corrected chi connectivity index (χ2v) is 5.82. The first kappa shape index (κ1) is 14.7. The van der Waals surface area contributed by atoms with Crippen LogP contribution in [0.15, 0.2) is 18.2 Å². The zero-order valence-electron chi connectivity index (χ0n) is 12.3. The van der Waals surface area contributed by atoms with Crippen LogP contribution in [0.5, 0.6) is 0 Å². The zero-order chi connectivity index (χ0) is 14.5. The highest BCUT2D eigenvalue weighted by atomic mass is 16.5. The number of benzene rings is 1. The highest BCUT2D eigenvalue weighted by Gasteiger charge is 2.19. The maximum absolute atomic E-state index is 11.8. The SMILES string of the molecule is COC(=O)c1cc(N)ccc1NCC1CCCC(C)C1. The first-order valence-electron chi connectivity index (χ1n) is 7.32. The molecule has 1 aliphatic rings. The molecule has 4 nitrogen and oxygen atoms in total. The Morgan fingerprint density at radius 3 is 2.95 bits per heavy atom. The molecule has 0 spiro atoms. The summed E-state index contributed by atoms with van der Waals surface area (Å²) < 4.78 is 4.81. The molecular formula is C16H24N2O2. The molecular weight excluding hydrogens is 252 g/mol. The largest absolute Gasteiger partial charge is 0.465 e. The van der Waals surface area contributed by atoms with Gasteiger partial charge in [0.2, 0.25) is 0 Å². The van der Waals surface area contributed by atoms with E-state index in [0.29, 0.717) is 17.2 Å². The summed E-state index contributed by atoms with van der Waals surface area (Å²) >= 11 is 0. The molecule has 1 aliphatic carbocycles. The third-order valence-electron chi connectivity index (χ3n) is 4.08. The summed E-state index contributed by atoms with van der Waals surface area (Å²) in [4.78, 5) is 11.8. The second kappa shape index (κ2) is 6.64. The van der Waals surface area contributed by atoms with Crippen LogP contribution in [0.2, 0.25) is 0 Å². The maximum atomic E-state index is 11.8. The molecule has 0 aliphatic heterocycles. The number of esters is 1. The van der Waals surface area contributed by atoms with Gasteiger partial charge in [0.05, 0.1) is 12.7 Å². The summed E-state index contributed by atoms with van der Waals surface area (Å²) in [5.41, 5.74) is 7.63. The molecule has 1 aromatic carbocycles. The third-order valence-corrected chi connectivity index (χ3v) is 4.08. The van der Waals surface area contributed by atoms with Gasteiger partial charge in [-0.15, -0.1) is 0 Å². The molecule has 2 unspecified atom stereocenters. The molecule has 0 amide bonds. The third kappa shape index (κ3) is 3.65. The lowest BCUT2D eigenvalue weighted by molar-refractivity contribution is 0.0602. The number of carbonyl (C=O) groups excluding carboxylic acids is 1. The fourth-order valence-electron chi connectivity index (χ4n) is 2.99. The summed E-state index contributed by atoms with van der Waals surface area (Å²) in [6, 6.07) is 5.32. The predicted molar refractivity (Wildman–Crippen MR) is 81.8 cm³/mol. The van der Waals surface area contributed by atoms with Crippen LogP contribution >= 0.6 is 0 Å². The number of nitrogens with one attached hydrogen (secondary N) is 1. The van der Waals surface area contributed by atoms with E-state index in [0.717, 1.165) is 18.2 Å². The fraction of sp³-hybridized carbons (Fsp3) is 0.562. The number of rotatable bonds is 4. The van der Waals surface area contributed by atoms with Crippen LogP contribution < -0.4 is 11.1 Å². The first-order chi connectivity index (χ1) is 9.60. The van der Waals surface area contributed by atoms with Gasteiger partial charge in [0.1, 0.15) is 0 Å². The molecule has 0 bridgehead atoms. The topological polar surface area (TPSA) is 64.3 Å². The molecule has 1 aromatic rings. The Balaban J connectivity index is 2.03. The van der Waals surface area contributed by atoms with E-state index < -0.39 is 0 Å². The van der Waals surface area contributed by atoms with Crippen molar-refractivity contribution < 1.29 is 9.53 Å². The summed E-state index contributed by atoms with van der Waals surface area (Å²) in [7, 11) is 1.39. The molecule has 0 saturated heterocycles. The average Bonchev–Trinajstić information content (AvgIpc) is 2.45. The van der Waals surface area contributed by atoms with Crippen molar-refractivity contribution in [3.05, 3.63) is 23.8 Å². The molecule has 1 saturated carbocycles. The van der Waals surface area contributed by atoms with Crippen LogP contribution in [-0.4, -0.2) is 19.6 Å². The van der Waals surface area contributed by atoms with Gasteiger partial charge < -0.3 is 15.8 Å². The number of anilines is 2. The number of hydrogen-bond donors (Lipinski definition) is 2. The van der Waals surface area contributed by atoms with E-state index in [4.69, 9.17) is 10.5 Å². The van der Waals surface area contributed by atoms with E-state index in [2.05, 4.69) is 12.2 Å². The van der Waals surface area contributed by atoms with Gasteiger partial charge in [0, 0.05) is 17.9 Å². The number of carbonyl (C=O) groups is 1. The highest BCUT2D eigenvalue weighted by molar-refractivity contribution is 5.96. The quantitative estimate of drug-likeness (QED) is 0.654. The lowest BCUT2D eigenvalue weighted by Crippen LogP contribution is -2.22. The van der Waals surface area contributed by atoms with Crippen molar-refractivity contribution in [2.75, 3.05) is 24.7 Å². The number of nitrogen functional groups attached to an aromatic ring is 1. The van der Waals surface area contributed by atoms with Crippen LogP contribution in [0.4, 0.5) is 11.4 Å². The van der Waals surface area contributed by atoms with E-state index in [1.54, 1.807) is 12.1 Å². The van der Waals surface area contributed by atoms with Crippen LogP contribution in [0, 0.1) is 11.8 Å². The van der Waals surface area contributed by atoms with E-state index in [9.17, 15) is 4.79 Å². The Morgan fingerprint density at radius 1 is 1.45 bits per heavy atom. The van der Waals surface area contributed by atoms with Crippen LogP contribution in [0.25, 0.3) is 0 Å². The summed E-state index contributed by atoms with van der Waals surface area (Å²) in [6.45, 7) is 3.22. The van der Waals surface area contributed by atoms with Crippen molar-refractivity contribution in [1.82, 2.24) is 0 Å². The molecule has 20 heavy (non-hydrogen) atoms. The lowest BCUT2D eigenvalue weighted by Gasteiger charge is -2.27. The van der Waals surface area contributed by atoms with Gasteiger partial charge in [-0.3, -0.25) is 0 Å². The summed E-state index contributed by atoms with van der Waals surface area (Å²) in [5, 5.41) is 3.39. The van der Waals surface area contributed by atoms with Crippen LogP contribution in [0.1, 0.15) is 43.0 Å². The number of ether oxygens (including phenoxy) is 1. The lowest BCUT2D eigenvalue weighted by atomic mass is 9.82. The minimum absolute atomic E-state index is 0.350. The van der Waals surface area contributed by atoms with Gasteiger partial charge in [0.15, 0.2) is 0 Å². The number of nitrogens with two attached hydrogens (primary N) is 1. The van der Waals surface area contributed by atoms with Crippen molar-refractivity contribution >= 4 is 17.3 Å². The van der Waals surface area contributed by atoms with Gasteiger partial charge in [-0.1, -0.05) is 19.8 Å². The van der Waals surface area contributed by atoms with Gasteiger partial charge >= 0.3 is 5.97 Å². The molecule has 2 rings (SSSR count). The minimum Gasteiger partial charge on any atom is -0.465 e. The molecule has 0 aromatic heterocycles. The van der Waals surface area contributed by atoms with E-state index in [1.807, 2.05) is 6.07 Å². The summed E-state index contributed by atoms with van der Waals surface area (Å²) in [5.74, 6) is 1.14. The van der Waals surface area contributed by atoms with E-state index in [1.165, 1.54) is 32.8 Å². The van der Waals surface area contributed by atoms with Gasteiger partial charge in [0.25, 0.3) is 0 Å². The predicted octanol–water partition coefficient (Wildman–Crippen LogP) is 3.29. The molecule has 110 valence electrons. The van der Waals surface area contributed by atoms with E-state index >= 15 is 0 Å². The Kier molecular flexibility index (Phi) is 4.88. The maximum Gasteiger partial charge on any atom is 0.340 e. The monoisotopic (exact) mass is 276 g/mol. The van der Waals surface area contributed by atoms with Crippen molar-refractivity contribution in [3.63, 3.8) is 0 Å². The van der Waals surface area contributed by atoms with Gasteiger partial charge in [-0.25, -0.2) is 4.79 Å². The molecule has 2 atom stereocenters. The minimum atomic E-state index is -0.350. The molecule has 0 radical (unpaired) electrons. The Morgan fingerprint density at radius 2 is 2.25 bits per heavy atom. The molecule has 1 fully saturated rings. The van der Waals surface area contributed by atoms with E-state index in [-0.39, 0.29) is 5.97 Å². The normalized spacial score (nSPS) is 22.3. The Hall–Kier alpha value is -1.71. The first-order valence-corrected chi connectivity index (χ1v) is 7.32.